The van der Waals surface area contributed by atoms with E-state index < -0.39 is 6.43 Å². The molecule has 1 fully saturated rings. The predicted molar refractivity (Wildman–Crippen MR) is 68.9 cm³/mol. The first-order valence-corrected chi connectivity index (χ1v) is 6.87. The van der Waals surface area contributed by atoms with Crippen LogP contribution in [0.2, 0.25) is 0 Å². The summed E-state index contributed by atoms with van der Waals surface area (Å²) in [5.74, 6) is 0.182. The van der Waals surface area contributed by atoms with Crippen LogP contribution in [0.15, 0.2) is 0 Å². The van der Waals surface area contributed by atoms with Gasteiger partial charge in [-0.2, -0.15) is 0 Å². The summed E-state index contributed by atoms with van der Waals surface area (Å²) >= 11 is 0. The highest BCUT2D eigenvalue weighted by molar-refractivity contribution is 4.87. The van der Waals surface area contributed by atoms with Gasteiger partial charge in [0.25, 0.3) is 6.43 Å². The van der Waals surface area contributed by atoms with E-state index in [1.165, 1.54) is 0 Å². The van der Waals surface area contributed by atoms with Crippen LogP contribution in [0.1, 0.15) is 33.6 Å². The van der Waals surface area contributed by atoms with E-state index >= 15 is 0 Å². The molecule has 0 aromatic rings. The Hall–Kier alpha value is -0.260. The fourth-order valence-electron chi connectivity index (χ4n) is 2.61. The number of hydrogen-bond acceptors (Lipinski definition) is 3. The zero-order valence-electron chi connectivity index (χ0n) is 11.6. The molecule has 18 heavy (non-hydrogen) atoms. The molecule has 1 aliphatic heterocycles. The topological polar surface area (TPSA) is 35.5 Å². The quantitative estimate of drug-likeness (QED) is 0.766. The lowest BCUT2D eigenvalue weighted by Gasteiger charge is -2.41. The van der Waals surface area contributed by atoms with Gasteiger partial charge in [-0.25, -0.2) is 8.78 Å². The molecule has 1 heterocycles. The van der Waals surface area contributed by atoms with E-state index in [1.54, 1.807) is 0 Å². The second-order valence-electron chi connectivity index (χ2n) is 5.52. The van der Waals surface area contributed by atoms with E-state index in [0.717, 1.165) is 25.9 Å². The van der Waals surface area contributed by atoms with Crippen LogP contribution in [0.4, 0.5) is 8.78 Å². The van der Waals surface area contributed by atoms with Crippen LogP contribution in [0.5, 0.6) is 0 Å². The van der Waals surface area contributed by atoms with Crippen molar-refractivity contribution in [2.24, 2.45) is 5.92 Å². The lowest BCUT2D eigenvalue weighted by molar-refractivity contribution is 0.0213. The number of nitrogens with one attached hydrogen (secondary N) is 1. The molecule has 3 nitrogen and oxygen atoms in total. The average Bonchev–Trinajstić information content (AvgIpc) is 2.34. The Kier molecular flexibility index (Phi) is 6.46. The van der Waals surface area contributed by atoms with Gasteiger partial charge in [-0.05, 0) is 32.6 Å². The summed E-state index contributed by atoms with van der Waals surface area (Å²) < 4.78 is 24.5. The van der Waals surface area contributed by atoms with Crippen molar-refractivity contribution in [2.75, 3.05) is 19.6 Å². The third-order valence-electron chi connectivity index (χ3n) is 3.76. The molecule has 0 aliphatic carbocycles. The van der Waals surface area contributed by atoms with Crippen molar-refractivity contribution in [3.63, 3.8) is 0 Å². The summed E-state index contributed by atoms with van der Waals surface area (Å²) in [6.07, 6.45) is -1.14. The molecule has 3 unspecified atom stereocenters. The van der Waals surface area contributed by atoms with Gasteiger partial charge in [0, 0.05) is 25.2 Å². The summed E-state index contributed by atoms with van der Waals surface area (Å²) in [5, 5.41) is 12.9. The molecule has 0 radical (unpaired) electrons. The fourth-order valence-corrected chi connectivity index (χ4v) is 2.61. The van der Waals surface area contributed by atoms with Crippen molar-refractivity contribution in [1.29, 1.82) is 0 Å². The molecule has 108 valence electrons. The number of halogens is 2. The number of aliphatic hydroxyl groups is 1. The molecule has 0 aromatic heterocycles. The van der Waals surface area contributed by atoms with Crippen LogP contribution in [-0.4, -0.2) is 54.3 Å². The van der Waals surface area contributed by atoms with E-state index in [2.05, 4.69) is 24.1 Å². The average molecular weight is 264 g/mol. The van der Waals surface area contributed by atoms with Gasteiger partial charge < -0.3 is 10.4 Å². The van der Waals surface area contributed by atoms with Gasteiger partial charge in [-0.3, -0.25) is 4.90 Å². The highest BCUT2D eigenvalue weighted by Gasteiger charge is 2.31. The molecule has 1 aliphatic rings. The minimum absolute atomic E-state index is 0.0568. The van der Waals surface area contributed by atoms with Gasteiger partial charge in [-0.1, -0.05) is 6.92 Å². The van der Waals surface area contributed by atoms with Crippen LogP contribution in [0.3, 0.4) is 0 Å². The van der Waals surface area contributed by atoms with Gasteiger partial charge in [0.15, 0.2) is 0 Å². The molecule has 1 rings (SSSR count). The van der Waals surface area contributed by atoms with E-state index in [4.69, 9.17) is 0 Å². The van der Waals surface area contributed by atoms with E-state index in [-0.39, 0.29) is 24.6 Å². The minimum Gasteiger partial charge on any atom is -0.393 e. The highest BCUT2D eigenvalue weighted by Crippen LogP contribution is 2.23. The number of alkyl halides is 2. The number of nitrogens with zero attached hydrogens (tertiary/aromatic N) is 1. The predicted octanol–water partition coefficient (Wildman–Crippen LogP) is 1.71. The normalized spacial score (nSPS) is 28.0. The Morgan fingerprint density at radius 1 is 1.33 bits per heavy atom. The summed E-state index contributed by atoms with van der Waals surface area (Å²) in [5.41, 5.74) is 0. The Balaban J connectivity index is 2.56. The zero-order chi connectivity index (χ0) is 13.7. The number of hydrogen-bond donors (Lipinski definition) is 2. The van der Waals surface area contributed by atoms with Crippen LogP contribution in [0, 0.1) is 5.92 Å². The largest absolute Gasteiger partial charge is 0.393 e. The van der Waals surface area contributed by atoms with Crippen molar-refractivity contribution in [2.45, 2.75) is 58.2 Å². The second-order valence-corrected chi connectivity index (χ2v) is 5.52. The minimum atomic E-state index is -2.31. The molecule has 2 N–H and O–H groups in total. The monoisotopic (exact) mass is 264 g/mol. The van der Waals surface area contributed by atoms with Gasteiger partial charge >= 0.3 is 0 Å². The lowest BCUT2D eigenvalue weighted by Crippen LogP contribution is -2.54. The Morgan fingerprint density at radius 3 is 2.50 bits per heavy atom. The third kappa shape index (κ3) is 4.78. The summed E-state index contributed by atoms with van der Waals surface area (Å²) in [7, 11) is 0. The first-order chi connectivity index (χ1) is 8.43. The van der Waals surface area contributed by atoms with Gasteiger partial charge in [-0.15, -0.1) is 0 Å². The molecule has 0 spiro atoms. The highest BCUT2D eigenvalue weighted by atomic mass is 19.3. The van der Waals surface area contributed by atoms with E-state index in [9.17, 15) is 13.9 Å². The standard InChI is InChI=1S/C13H26F2N2O/c1-4-12(18)10-5-11(16-6-13(14)15)8-17(7-10)9(2)3/h9-13,16,18H,4-8H2,1-3H3. The Labute approximate surface area is 109 Å². The molecule has 0 aromatic carbocycles. The number of likely N-dealkylation sites (tertiary alicyclic amines) is 1. The number of aliphatic hydroxyl groups excluding tert-OH is 1. The Morgan fingerprint density at radius 2 is 2.00 bits per heavy atom. The summed E-state index contributed by atoms with van der Waals surface area (Å²) in [6.45, 7) is 7.55. The molecule has 0 amide bonds. The first kappa shape index (κ1) is 15.8. The molecule has 0 saturated carbocycles. The molecule has 5 heteroatoms. The maximum Gasteiger partial charge on any atom is 0.250 e. The number of piperidine rings is 1. The number of rotatable bonds is 6. The van der Waals surface area contributed by atoms with Crippen molar-refractivity contribution in [3.05, 3.63) is 0 Å². The van der Waals surface area contributed by atoms with Crippen molar-refractivity contribution < 1.29 is 13.9 Å². The van der Waals surface area contributed by atoms with Crippen molar-refractivity contribution >= 4 is 0 Å². The fraction of sp³-hybridized carbons (Fsp3) is 1.00. The van der Waals surface area contributed by atoms with Crippen LogP contribution >= 0.6 is 0 Å². The maximum atomic E-state index is 12.2. The third-order valence-corrected chi connectivity index (χ3v) is 3.76. The Bertz CT molecular complexity index is 239. The summed E-state index contributed by atoms with van der Waals surface area (Å²) in [6, 6.07) is 0.439. The molecule has 1 saturated heterocycles. The van der Waals surface area contributed by atoms with Gasteiger partial charge in [0.05, 0.1) is 12.6 Å². The maximum absolute atomic E-state index is 12.2. The SMILES string of the molecule is CCC(O)C1CC(NCC(F)F)CN(C(C)C)C1. The van der Waals surface area contributed by atoms with Crippen LogP contribution in [0.25, 0.3) is 0 Å². The van der Waals surface area contributed by atoms with Crippen LogP contribution < -0.4 is 5.32 Å². The van der Waals surface area contributed by atoms with Gasteiger partial charge in [0.1, 0.15) is 0 Å². The van der Waals surface area contributed by atoms with Crippen molar-refractivity contribution in [1.82, 2.24) is 10.2 Å². The second kappa shape index (κ2) is 7.36. The van der Waals surface area contributed by atoms with E-state index in [0.29, 0.717) is 6.04 Å². The van der Waals surface area contributed by atoms with Gasteiger partial charge in [0.2, 0.25) is 0 Å². The van der Waals surface area contributed by atoms with E-state index in [1.807, 2.05) is 6.92 Å². The van der Waals surface area contributed by atoms with Crippen LogP contribution in [-0.2, 0) is 0 Å². The zero-order valence-corrected chi connectivity index (χ0v) is 11.6. The molecule has 3 atom stereocenters. The summed E-state index contributed by atoms with van der Waals surface area (Å²) in [4.78, 5) is 2.26. The lowest BCUT2D eigenvalue weighted by atomic mass is 9.88. The van der Waals surface area contributed by atoms with Crippen molar-refractivity contribution in [3.8, 4) is 0 Å². The smallest absolute Gasteiger partial charge is 0.250 e. The first-order valence-electron chi connectivity index (χ1n) is 6.87. The molecular weight excluding hydrogens is 238 g/mol. The molecular formula is C13H26F2N2O. The molecule has 0 bridgehead atoms.